The van der Waals surface area contributed by atoms with Gasteiger partial charge >= 0.3 is 0 Å². The van der Waals surface area contributed by atoms with Crippen molar-refractivity contribution in [1.29, 1.82) is 0 Å². The highest BCUT2D eigenvalue weighted by Crippen LogP contribution is 2.09. The fourth-order valence-electron chi connectivity index (χ4n) is 1.94. The molecule has 0 bridgehead atoms. The van der Waals surface area contributed by atoms with E-state index < -0.39 is 6.17 Å². The zero-order chi connectivity index (χ0) is 13.1. The molecule has 2 heterocycles. The Labute approximate surface area is 104 Å². The molecule has 98 valence electrons. The third-order valence-corrected chi connectivity index (χ3v) is 2.92. The van der Waals surface area contributed by atoms with Crippen molar-refractivity contribution in [3.63, 3.8) is 0 Å². The molecule has 4 N–H and O–H groups in total. The zero-order valence-electron chi connectivity index (χ0n) is 10.1. The lowest BCUT2D eigenvalue weighted by atomic mass is 10.2. The standard InChI is InChI=1S/C11H16FN5O/c1-6-9(5-16-11(13)17-6)10(18)15-4-8-2-7(12)3-14-8/h5,7-8,14H,2-4H2,1H3,(H,15,18)(H2,13,16,17)/t7-,8-/m0/s1. The number of rotatable bonds is 3. The van der Waals surface area contributed by atoms with Crippen LogP contribution < -0.4 is 16.4 Å². The van der Waals surface area contributed by atoms with E-state index in [9.17, 15) is 9.18 Å². The van der Waals surface area contributed by atoms with E-state index in [2.05, 4.69) is 20.6 Å². The summed E-state index contributed by atoms with van der Waals surface area (Å²) in [5, 5.41) is 5.73. The Morgan fingerprint density at radius 1 is 1.72 bits per heavy atom. The monoisotopic (exact) mass is 253 g/mol. The molecule has 1 aromatic heterocycles. The summed E-state index contributed by atoms with van der Waals surface area (Å²) >= 11 is 0. The van der Waals surface area contributed by atoms with E-state index >= 15 is 0 Å². The molecule has 0 unspecified atom stereocenters. The summed E-state index contributed by atoms with van der Waals surface area (Å²) in [6.07, 6.45) is 0.998. The predicted octanol–water partition coefficient (Wildman–Crippen LogP) is -0.203. The predicted molar refractivity (Wildman–Crippen MR) is 64.8 cm³/mol. The Hall–Kier alpha value is -1.76. The first-order chi connectivity index (χ1) is 8.56. The SMILES string of the molecule is Cc1nc(N)ncc1C(=O)NC[C@@H]1C[C@H](F)CN1. The summed E-state index contributed by atoms with van der Waals surface area (Å²) < 4.78 is 12.9. The Morgan fingerprint density at radius 3 is 3.11 bits per heavy atom. The highest BCUT2D eigenvalue weighted by molar-refractivity contribution is 5.94. The molecule has 1 aliphatic rings. The molecule has 18 heavy (non-hydrogen) atoms. The number of halogens is 1. The number of amides is 1. The molecular formula is C11H16FN5O. The first kappa shape index (κ1) is 12.7. The zero-order valence-corrected chi connectivity index (χ0v) is 10.1. The number of aromatic nitrogens is 2. The molecule has 1 saturated heterocycles. The van der Waals surface area contributed by atoms with Gasteiger partial charge in [-0.15, -0.1) is 0 Å². The van der Waals surface area contributed by atoms with E-state index in [4.69, 9.17) is 5.73 Å². The lowest BCUT2D eigenvalue weighted by Gasteiger charge is -2.12. The normalized spacial score (nSPS) is 23.0. The molecule has 1 amide bonds. The molecule has 0 radical (unpaired) electrons. The lowest BCUT2D eigenvalue weighted by Crippen LogP contribution is -2.37. The number of alkyl halides is 1. The van der Waals surface area contributed by atoms with Gasteiger partial charge in [-0.1, -0.05) is 0 Å². The summed E-state index contributed by atoms with van der Waals surface area (Å²) in [5.74, 6) is -0.126. The van der Waals surface area contributed by atoms with Crippen LogP contribution >= 0.6 is 0 Å². The van der Waals surface area contributed by atoms with Crippen molar-refractivity contribution in [3.05, 3.63) is 17.5 Å². The van der Waals surface area contributed by atoms with Crippen LogP contribution in [0.25, 0.3) is 0 Å². The number of aryl methyl sites for hydroxylation is 1. The van der Waals surface area contributed by atoms with Crippen LogP contribution in [0.5, 0.6) is 0 Å². The van der Waals surface area contributed by atoms with E-state index in [1.54, 1.807) is 6.92 Å². The van der Waals surface area contributed by atoms with E-state index in [0.717, 1.165) is 0 Å². The molecule has 1 aliphatic heterocycles. The van der Waals surface area contributed by atoms with Crippen LogP contribution in [-0.4, -0.2) is 41.2 Å². The highest BCUT2D eigenvalue weighted by Gasteiger charge is 2.24. The highest BCUT2D eigenvalue weighted by atomic mass is 19.1. The summed E-state index contributed by atoms with van der Waals surface area (Å²) in [4.78, 5) is 19.6. The summed E-state index contributed by atoms with van der Waals surface area (Å²) in [6, 6.07) is -0.0149. The fraction of sp³-hybridized carbons (Fsp3) is 0.545. The fourth-order valence-corrected chi connectivity index (χ4v) is 1.94. The van der Waals surface area contributed by atoms with Crippen molar-refractivity contribution in [2.24, 2.45) is 0 Å². The Kier molecular flexibility index (Phi) is 3.71. The summed E-state index contributed by atoms with van der Waals surface area (Å²) in [7, 11) is 0. The minimum atomic E-state index is -0.825. The second-order valence-corrected chi connectivity index (χ2v) is 4.38. The average Bonchev–Trinajstić information content (AvgIpc) is 2.72. The molecular weight excluding hydrogens is 237 g/mol. The number of nitrogens with zero attached hydrogens (tertiary/aromatic N) is 2. The van der Waals surface area contributed by atoms with Gasteiger partial charge in [0.25, 0.3) is 5.91 Å². The maximum Gasteiger partial charge on any atom is 0.254 e. The van der Waals surface area contributed by atoms with Crippen LogP contribution in [0.2, 0.25) is 0 Å². The minimum absolute atomic E-state index is 0.0149. The maximum absolute atomic E-state index is 12.9. The molecule has 0 spiro atoms. The van der Waals surface area contributed by atoms with E-state index in [1.807, 2.05) is 0 Å². The largest absolute Gasteiger partial charge is 0.368 e. The molecule has 0 aliphatic carbocycles. The number of nitrogen functional groups attached to an aromatic ring is 1. The number of nitrogens with one attached hydrogen (secondary N) is 2. The van der Waals surface area contributed by atoms with Crippen molar-refractivity contribution in [2.45, 2.75) is 25.6 Å². The van der Waals surface area contributed by atoms with Gasteiger partial charge in [-0.3, -0.25) is 4.79 Å². The summed E-state index contributed by atoms with van der Waals surface area (Å²) in [6.45, 7) is 2.44. The lowest BCUT2D eigenvalue weighted by molar-refractivity contribution is 0.0948. The number of carbonyl (C=O) groups excluding carboxylic acids is 1. The van der Waals surface area contributed by atoms with Crippen LogP contribution in [0.3, 0.4) is 0 Å². The van der Waals surface area contributed by atoms with E-state index in [1.165, 1.54) is 6.20 Å². The number of hydrogen-bond acceptors (Lipinski definition) is 5. The molecule has 7 heteroatoms. The van der Waals surface area contributed by atoms with Crippen LogP contribution in [0, 0.1) is 6.92 Å². The number of anilines is 1. The van der Waals surface area contributed by atoms with Gasteiger partial charge in [-0.05, 0) is 13.3 Å². The molecule has 2 rings (SSSR count). The van der Waals surface area contributed by atoms with Gasteiger partial charge in [0.15, 0.2) is 0 Å². The van der Waals surface area contributed by atoms with Gasteiger partial charge < -0.3 is 16.4 Å². The van der Waals surface area contributed by atoms with Gasteiger partial charge in [-0.2, -0.15) is 0 Å². The Balaban J connectivity index is 1.91. The average molecular weight is 253 g/mol. The van der Waals surface area contributed by atoms with Crippen molar-refractivity contribution in [2.75, 3.05) is 18.8 Å². The molecule has 1 fully saturated rings. The molecule has 6 nitrogen and oxygen atoms in total. The van der Waals surface area contributed by atoms with Crippen molar-refractivity contribution >= 4 is 11.9 Å². The third kappa shape index (κ3) is 2.92. The van der Waals surface area contributed by atoms with E-state index in [0.29, 0.717) is 30.8 Å². The third-order valence-electron chi connectivity index (χ3n) is 2.92. The molecule has 0 saturated carbocycles. The molecule has 1 aromatic rings. The van der Waals surface area contributed by atoms with Crippen LogP contribution in [0.15, 0.2) is 6.20 Å². The first-order valence-corrected chi connectivity index (χ1v) is 5.81. The second kappa shape index (κ2) is 5.26. The molecule has 0 aromatic carbocycles. The second-order valence-electron chi connectivity index (χ2n) is 4.38. The first-order valence-electron chi connectivity index (χ1n) is 5.81. The smallest absolute Gasteiger partial charge is 0.254 e. The number of nitrogens with two attached hydrogens (primary N) is 1. The van der Waals surface area contributed by atoms with Crippen LogP contribution in [0.4, 0.5) is 10.3 Å². The molecule has 2 atom stereocenters. The Bertz CT molecular complexity index is 453. The van der Waals surface area contributed by atoms with Gasteiger partial charge in [0.1, 0.15) is 6.17 Å². The number of hydrogen-bond donors (Lipinski definition) is 3. The topological polar surface area (TPSA) is 92.9 Å². The van der Waals surface area contributed by atoms with Crippen LogP contribution in [-0.2, 0) is 0 Å². The number of carbonyl (C=O) groups is 1. The van der Waals surface area contributed by atoms with E-state index in [-0.39, 0.29) is 17.9 Å². The van der Waals surface area contributed by atoms with Gasteiger partial charge in [0.05, 0.1) is 11.3 Å². The minimum Gasteiger partial charge on any atom is -0.368 e. The van der Waals surface area contributed by atoms with Gasteiger partial charge in [-0.25, -0.2) is 14.4 Å². The van der Waals surface area contributed by atoms with Crippen molar-refractivity contribution in [1.82, 2.24) is 20.6 Å². The maximum atomic E-state index is 12.9. The van der Waals surface area contributed by atoms with Gasteiger partial charge in [0, 0.05) is 25.3 Å². The van der Waals surface area contributed by atoms with Crippen LogP contribution in [0.1, 0.15) is 22.5 Å². The quantitative estimate of drug-likeness (QED) is 0.693. The Morgan fingerprint density at radius 2 is 2.50 bits per heavy atom. The van der Waals surface area contributed by atoms with Crippen molar-refractivity contribution < 1.29 is 9.18 Å². The van der Waals surface area contributed by atoms with Crippen molar-refractivity contribution in [3.8, 4) is 0 Å². The summed E-state index contributed by atoms with van der Waals surface area (Å²) in [5.41, 5.74) is 6.33. The van der Waals surface area contributed by atoms with Gasteiger partial charge in [0.2, 0.25) is 5.95 Å².